The number of hydrogen-bond donors (Lipinski definition) is 0. The van der Waals surface area contributed by atoms with E-state index < -0.39 is 0 Å². The highest BCUT2D eigenvalue weighted by Crippen LogP contribution is 1.89. The second kappa shape index (κ2) is 3.35. The molecule has 1 rings (SSSR count). The molecule has 0 nitrogen and oxygen atoms in total. The predicted octanol–water partition coefficient (Wildman–Crippen LogP) is 1.51. The summed E-state index contributed by atoms with van der Waals surface area (Å²) in [5.74, 6) is -0.245. The molecule has 0 spiro atoms. The Balaban J connectivity index is 3.66. The first kappa shape index (κ1) is 8.72. The Morgan fingerprint density at radius 2 is 2.08 bits per heavy atom. The molecule has 0 fully saturated rings. The number of hydrogen-bond acceptors (Lipinski definition) is 0. The van der Waals surface area contributed by atoms with Crippen molar-refractivity contribution in [1.82, 2.24) is 0 Å². The van der Waals surface area contributed by atoms with Crippen molar-refractivity contribution in [3.8, 4) is 0 Å². The summed E-state index contributed by atoms with van der Waals surface area (Å²) < 4.78 is 13.1. The van der Waals surface area contributed by atoms with Crippen LogP contribution in [-0.2, 0) is 0 Å². The molecule has 0 saturated heterocycles. The van der Waals surface area contributed by atoms with Gasteiger partial charge in [-0.15, -0.1) is 0 Å². The molecule has 0 aliphatic carbocycles. The van der Waals surface area contributed by atoms with Crippen molar-refractivity contribution in [3.05, 3.63) is 46.6 Å². The van der Waals surface area contributed by atoms with E-state index >= 15 is 0 Å². The third-order valence-corrected chi connectivity index (χ3v) is 1.82. The Morgan fingerprint density at radius 3 is 2.67 bits per heavy atom. The van der Waals surface area contributed by atoms with Gasteiger partial charge in [-0.25, -0.2) is 4.39 Å². The molecule has 0 aliphatic heterocycles. The Hall–Kier alpha value is -1.37. The van der Waals surface area contributed by atoms with Gasteiger partial charge in [0.05, 0.1) is 0 Å². The van der Waals surface area contributed by atoms with Crippen LogP contribution in [0.3, 0.4) is 0 Å². The van der Waals surface area contributed by atoms with Crippen LogP contribution in [0.15, 0.2) is 24.8 Å². The first-order chi connectivity index (χ1) is 5.66. The van der Waals surface area contributed by atoms with Crippen molar-refractivity contribution in [2.75, 3.05) is 0 Å². The van der Waals surface area contributed by atoms with Crippen LogP contribution in [0, 0.1) is 12.7 Å². The van der Waals surface area contributed by atoms with Gasteiger partial charge in [0.25, 0.3) is 0 Å². The third kappa shape index (κ3) is 1.45. The summed E-state index contributed by atoms with van der Waals surface area (Å²) >= 11 is 0. The average molecular weight is 162 g/mol. The molecular formula is C11H11F. The van der Waals surface area contributed by atoms with E-state index in [0.717, 1.165) is 10.8 Å². The molecule has 0 saturated carbocycles. The highest BCUT2D eigenvalue weighted by atomic mass is 19.1. The topological polar surface area (TPSA) is 0 Å². The van der Waals surface area contributed by atoms with Gasteiger partial charge in [-0.05, 0) is 23.8 Å². The van der Waals surface area contributed by atoms with Gasteiger partial charge in [0.2, 0.25) is 0 Å². The molecule has 0 aliphatic rings. The fraction of sp³-hybridized carbons (Fsp3) is 0.0909. The monoisotopic (exact) mass is 162 g/mol. The van der Waals surface area contributed by atoms with Crippen LogP contribution in [0.5, 0.6) is 0 Å². The van der Waals surface area contributed by atoms with E-state index in [1.165, 1.54) is 6.07 Å². The van der Waals surface area contributed by atoms with Crippen molar-refractivity contribution in [3.63, 3.8) is 0 Å². The predicted molar refractivity (Wildman–Crippen MR) is 50.6 cm³/mol. The minimum absolute atomic E-state index is 0.245. The molecule has 0 radical (unpaired) electrons. The number of rotatable bonds is 1. The summed E-state index contributed by atoms with van der Waals surface area (Å²) in [5.41, 5.74) is 0.990. The van der Waals surface area contributed by atoms with Gasteiger partial charge in [0.15, 0.2) is 0 Å². The van der Waals surface area contributed by atoms with E-state index in [2.05, 4.69) is 13.2 Å². The van der Waals surface area contributed by atoms with Crippen molar-refractivity contribution in [1.29, 1.82) is 0 Å². The second-order valence-electron chi connectivity index (χ2n) is 2.66. The minimum Gasteiger partial charge on any atom is -0.206 e. The van der Waals surface area contributed by atoms with E-state index in [9.17, 15) is 4.39 Å². The zero-order valence-electron chi connectivity index (χ0n) is 7.10. The molecule has 0 unspecified atom stereocenters. The van der Waals surface area contributed by atoms with Gasteiger partial charge in [-0.1, -0.05) is 31.4 Å². The van der Waals surface area contributed by atoms with Gasteiger partial charge >= 0.3 is 0 Å². The molecular weight excluding hydrogens is 151 g/mol. The molecule has 0 N–H and O–H groups in total. The van der Waals surface area contributed by atoms with Gasteiger partial charge in [0, 0.05) is 5.22 Å². The van der Waals surface area contributed by atoms with Gasteiger partial charge < -0.3 is 0 Å². The first-order valence-corrected chi connectivity index (χ1v) is 3.73. The SMILES string of the molecule is C=C/C=c1/c(F)ccc(C)c1=C. The fourth-order valence-electron chi connectivity index (χ4n) is 1.04. The van der Waals surface area contributed by atoms with Crippen molar-refractivity contribution < 1.29 is 4.39 Å². The molecule has 0 atom stereocenters. The number of aryl methyl sites for hydroxylation is 1. The zero-order chi connectivity index (χ0) is 9.14. The zero-order valence-corrected chi connectivity index (χ0v) is 7.10. The van der Waals surface area contributed by atoms with E-state index in [1.54, 1.807) is 18.2 Å². The van der Waals surface area contributed by atoms with Crippen LogP contribution >= 0.6 is 0 Å². The molecule has 1 aromatic rings. The lowest BCUT2D eigenvalue weighted by Crippen LogP contribution is -2.28. The quantitative estimate of drug-likeness (QED) is 0.587. The standard InChI is InChI=1S/C11H11F/c1-4-5-10-9(3)8(2)6-7-11(10)12/h4-7H,1,3H2,2H3/b10-5+. The van der Waals surface area contributed by atoms with Crippen LogP contribution in [0.25, 0.3) is 12.7 Å². The largest absolute Gasteiger partial charge is 0.206 e. The van der Waals surface area contributed by atoms with Crippen LogP contribution in [0.1, 0.15) is 5.56 Å². The Bertz CT molecular complexity index is 402. The lowest BCUT2D eigenvalue weighted by atomic mass is 10.1. The summed E-state index contributed by atoms with van der Waals surface area (Å²) in [5, 5.41) is 1.26. The minimum atomic E-state index is -0.245. The maximum atomic E-state index is 13.1. The summed E-state index contributed by atoms with van der Waals surface area (Å²) in [6.07, 6.45) is 3.19. The van der Waals surface area contributed by atoms with Gasteiger partial charge in [-0.3, -0.25) is 0 Å². The highest BCUT2D eigenvalue weighted by molar-refractivity contribution is 5.38. The molecule has 0 aromatic heterocycles. The summed E-state index contributed by atoms with van der Waals surface area (Å²) in [6, 6.07) is 3.16. The average Bonchev–Trinajstić information content (AvgIpc) is 2.06. The fourth-order valence-corrected chi connectivity index (χ4v) is 1.04. The van der Waals surface area contributed by atoms with Crippen molar-refractivity contribution in [2.24, 2.45) is 0 Å². The summed E-state index contributed by atoms with van der Waals surface area (Å²) in [7, 11) is 0. The van der Waals surface area contributed by atoms with E-state index in [1.807, 2.05) is 6.92 Å². The molecule has 0 amide bonds. The lowest BCUT2D eigenvalue weighted by molar-refractivity contribution is 0.617. The maximum Gasteiger partial charge on any atom is 0.131 e. The Morgan fingerprint density at radius 1 is 1.42 bits per heavy atom. The van der Waals surface area contributed by atoms with E-state index in [4.69, 9.17) is 0 Å². The van der Waals surface area contributed by atoms with Crippen molar-refractivity contribution >= 4 is 12.7 Å². The summed E-state index contributed by atoms with van der Waals surface area (Å²) in [4.78, 5) is 0. The third-order valence-electron chi connectivity index (χ3n) is 1.82. The lowest BCUT2D eigenvalue weighted by Gasteiger charge is -1.95. The first-order valence-electron chi connectivity index (χ1n) is 3.73. The highest BCUT2D eigenvalue weighted by Gasteiger charge is 1.94. The summed E-state index contributed by atoms with van der Waals surface area (Å²) in [6.45, 7) is 9.20. The van der Waals surface area contributed by atoms with Crippen LogP contribution in [0.2, 0.25) is 0 Å². The number of allylic oxidation sites excluding steroid dienone is 1. The molecule has 12 heavy (non-hydrogen) atoms. The van der Waals surface area contributed by atoms with Gasteiger partial charge in [0.1, 0.15) is 5.82 Å². The Labute approximate surface area is 71.4 Å². The molecule has 1 aromatic carbocycles. The smallest absolute Gasteiger partial charge is 0.131 e. The normalized spacial score (nSPS) is 11.7. The molecule has 62 valence electrons. The second-order valence-corrected chi connectivity index (χ2v) is 2.66. The Kier molecular flexibility index (Phi) is 2.44. The van der Waals surface area contributed by atoms with Crippen LogP contribution in [0.4, 0.5) is 4.39 Å². The van der Waals surface area contributed by atoms with E-state index in [-0.39, 0.29) is 5.82 Å². The molecule has 1 heteroatoms. The van der Waals surface area contributed by atoms with Crippen LogP contribution in [-0.4, -0.2) is 0 Å². The van der Waals surface area contributed by atoms with Crippen LogP contribution < -0.4 is 10.4 Å². The molecule has 0 bridgehead atoms. The van der Waals surface area contributed by atoms with E-state index in [0.29, 0.717) is 5.22 Å². The number of halogens is 1. The number of benzene rings is 1. The maximum absolute atomic E-state index is 13.1. The molecule has 0 heterocycles. The van der Waals surface area contributed by atoms with Crippen molar-refractivity contribution in [2.45, 2.75) is 6.92 Å². The van der Waals surface area contributed by atoms with Gasteiger partial charge in [-0.2, -0.15) is 0 Å².